The molecule has 0 unspecified atom stereocenters. The number of esters is 2. The Kier molecular flexibility index (Phi) is 6.99. The van der Waals surface area contributed by atoms with Crippen molar-refractivity contribution in [3.63, 3.8) is 0 Å². The summed E-state index contributed by atoms with van der Waals surface area (Å²) in [6.45, 7) is 1.80. The highest BCUT2D eigenvalue weighted by Gasteiger charge is 2.33. The van der Waals surface area contributed by atoms with Gasteiger partial charge >= 0.3 is 11.9 Å². The highest BCUT2D eigenvalue weighted by molar-refractivity contribution is 6.21. The number of carbonyl (C=O) groups excluding carboxylic acids is 5. The number of anilines is 1. The van der Waals surface area contributed by atoms with Gasteiger partial charge in [-0.25, -0.2) is 9.59 Å². The summed E-state index contributed by atoms with van der Waals surface area (Å²) >= 11 is 0. The Morgan fingerprint density at radius 1 is 0.875 bits per heavy atom. The van der Waals surface area contributed by atoms with Crippen molar-refractivity contribution in [2.75, 3.05) is 25.6 Å². The van der Waals surface area contributed by atoms with Gasteiger partial charge in [0.2, 0.25) is 0 Å². The average Bonchev–Trinajstić information content (AvgIpc) is 3.01. The van der Waals surface area contributed by atoms with Crippen LogP contribution in [0.25, 0.3) is 0 Å². The van der Waals surface area contributed by atoms with Crippen LogP contribution in [0.2, 0.25) is 0 Å². The molecule has 0 aliphatic carbocycles. The number of imide groups is 1. The van der Waals surface area contributed by atoms with Gasteiger partial charge in [0, 0.05) is 12.7 Å². The van der Waals surface area contributed by atoms with E-state index in [-0.39, 0.29) is 16.7 Å². The van der Waals surface area contributed by atoms with Gasteiger partial charge in [-0.1, -0.05) is 13.3 Å². The maximum absolute atomic E-state index is 12.2. The Morgan fingerprint density at radius 3 is 2.19 bits per heavy atom. The summed E-state index contributed by atoms with van der Waals surface area (Å²) in [4.78, 5) is 61.1. The molecule has 1 N–H and O–H groups in total. The van der Waals surface area contributed by atoms with Crippen LogP contribution in [0, 0.1) is 0 Å². The van der Waals surface area contributed by atoms with Crippen LogP contribution in [-0.2, 0) is 14.3 Å². The third-order valence-corrected chi connectivity index (χ3v) is 4.80. The molecule has 3 amide bonds. The van der Waals surface area contributed by atoms with Gasteiger partial charge in [-0.2, -0.15) is 0 Å². The van der Waals surface area contributed by atoms with Crippen molar-refractivity contribution in [2.45, 2.75) is 19.8 Å². The Labute approximate surface area is 184 Å². The largest absolute Gasteiger partial charge is 0.462 e. The number of hydrogen-bond acceptors (Lipinski definition) is 7. The zero-order valence-corrected chi connectivity index (χ0v) is 17.7. The van der Waals surface area contributed by atoms with Crippen LogP contribution in [0.4, 0.5) is 5.69 Å². The summed E-state index contributed by atoms with van der Waals surface area (Å²) in [6.07, 6.45) is 1.71. The Morgan fingerprint density at radius 2 is 1.50 bits per heavy atom. The van der Waals surface area contributed by atoms with E-state index in [1.807, 2.05) is 6.92 Å². The monoisotopic (exact) mass is 438 g/mol. The van der Waals surface area contributed by atoms with E-state index in [2.05, 4.69) is 5.32 Å². The molecule has 2 aromatic rings. The lowest BCUT2D eigenvalue weighted by Crippen LogP contribution is -2.24. The molecule has 1 heterocycles. The number of hydrogen-bond donors (Lipinski definition) is 1. The zero-order valence-electron chi connectivity index (χ0n) is 17.7. The van der Waals surface area contributed by atoms with Crippen molar-refractivity contribution in [1.82, 2.24) is 4.90 Å². The van der Waals surface area contributed by atoms with Gasteiger partial charge in [-0.3, -0.25) is 19.3 Å². The van der Waals surface area contributed by atoms with Crippen molar-refractivity contribution in [3.8, 4) is 0 Å². The molecule has 0 bridgehead atoms. The van der Waals surface area contributed by atoms with Gasteiger partial charge < -0.3 is 14.8 Å². The second kappa shape index (κ2) is 9.86. The van der Waals surface area contributed by atoms with E-state index >= 15 is 0 Å². The van der Waals surface area contributed by atoms with E-state index in [1.165, 1.54) is 49.5 Å². The summed E-state index contributed by atoms with van der Waals surface area (Å²) in [5.74, 6) is -2.77. The van der Waals surface area contributed by atoms with Gasteiger partial charge in [-0.05, 0) is 48.9 Å². The first-order valence-corrected chi connectivity index (χ1v) is 10.0. The fourth-order valence-corrected chi connectivity index (χ4v) is 2.98. The molecule has 0 saturated carbocycles. The number of rotatable bonds is 8. The first kappa shape index (κ1) is 22.7. The van der Waals surface area contributed by atoms with E-state index in [0.29, 0.717) is 17.9 Å². The normalized spacial score (nSPS) is 12.4. The van der Waals surface area contributed by atoms with E-state index in [9.17, 15) is 24.0 Å². The van der Waals surface area contributed by atoms with E-state index in [4.69, 9.17) is 9.47 Å². The Balaban J connectivity index is 1.52. The van der Waals surface area contributed by atoms with Gasteiger partial charge in [0.05, 0.1) is 28.9 Å². The number of nitrogens with one attached hydrogen (secondary N) is 1. The molecule has 1 aliphatic rings. The summed E-state index contributed by atoms with van der Waals surface area (Å²) in [5.41, 5.74) is 1.16. The number of ether oxygens (including phenoxy) is 2. The van der Waals surface area contributed by atoms with Crippen LogP contribution in [-0.4, -0.2) is 54.8 Å². The maximum atomic E-state index is 12.2. The third kappa shape index (κ3) is 5.00. The van der Waals surface area contributed by atoms with E-state index in [1.54, 1.807) is 0 Å². The SMILES string of the molecule is CCCCOC(=O)c1ccc(NC(=O)COC(=O)c2ccc3c(c2)C(=O)N(C)C3=O)cc1. The molecule has 9 heteroatoms. The Hall–Kier alpha value is -4.01. The van der Waals surface area contributed by atoms with Gasteiger partial charge in [-0.15, -0.1) is 0 Å². The minimum absolute atomic E-state index is 0.0546. The molecule has 9 nitrogen and oxygen atoms in total. The molecule has 0 fully saturated rings. The molecular formula is C23H22N2O7. The smallest absolute Gasteiger partial charge is 0.338 e. The van der Waals surface area contributed by atoms with Crippen molar-refractivity contribution in [1.29, 1.82) is 0 Å². The first-order valence-electron chi connectivity index (χ1n) is 10.0. The van der Waals surface area contributed by atoms with Gasteiger partial charge in [0.25, 0.3) is 17.7 Å². The summed E-state index contributed by atoms with van der Waals surface area (Å²) in [6, 6.07) is 10.1. The third-order valence-electron chi connectivity index (χ3n) is 4.80. The lowest BCUT2D eigenvalue weighted by atomic mass is 10.1. The number of benzene rings is 2. The standard InChI is InChI=1S/C23H22N2O7/c1-3-4-11-31-22(29)14-5-8-16(9-6-14)24-19(26)13-32-23(30)15-7-10-17-18(12-15)21(28)25(2)20(17)27/h5-10,12H,3-4,11,13H2,1-2H3,(H,24,26). The number of carbonyl (C=O) groups is 5. The van der Waals surface area contributed by atoms with Crippen molar-refractivity contribution in [2.24, 2.45) is 0 Å². The summed E-state index contributed by atoms with van der Waals surface area (Å²) in [7, 11) is 1.36. The average molecular weight is 438 g/mol. The number of unbranched alkanes of at least 4 members (excludes halogenated alkanes) is 1. The minimum Gasteiger partial charge on any atom is -0.462 e. The minimum atomic E-state index is -0.803. The molecule has 0 spiro atoms. The van der Waals surface area contributed by atoms with Crippen LogP contribution in [0.3, 0.4) is 0 Å². The van der Waals surface area contributed by atoms with Crippen molar-refractivity contribution >= 4 is 35.3 Å². The first-order chi connectivity index (χ1) is 15.3. The number of nitrogens with zero attached hydrogens (tertiary/aromatic N) is 1. The zero-order chi connectivity index (χ0) is 23.3. The number of amides is 3. The molecule has 0 aromatic heterocycles. The molecule has 32 heavy (non-hydrogen) atoms. The van der Waals surface area contributed by atoms with Gasteiger partial charge in [0.15, 0.2) is 6.61 Å². The quantitative estimate of drug-likeness (QED) is 0.382. The Bertz CT molecular complexity index is 1080. The molecule has 0 saturated heterocycles. The predicted octanol–water partition coefficient (Wildman–Crippen LogP) is 2.66. The van der Waals surface area contributed by atoms with Crippen LogP contribution in [0.15, 0.2) is 42.5 Å². The molecule has 3 rings (SSSR count). The fourth-order valence-electron chi connectivity index (χ4n) is 2.98. The second-order valence-electron chi connectivity index (χ2n) is 7.12. The van der Waals surface area contributed by atoms with E-state index < -0.39 is 36.3 Å². The van der Waals surface area contributed by atoms with Gasteiger partial charge in [0.1, 0.15) is 0 Å². The van der Waals surface area contributed by atoms with Crippen LogP contribution in [0.5, 0.6) is 0 Å². The highest BCUT2D eigenvalue weighted by atomic mass is 16.5. The lowest BCUT2D eigenvalue weighted by molar-refractivity contribution is -0.119. The molecule has 2 aromatic carbocycles. The van der Waals surface area contributed by atoms with Crippen molar-refractivity contribution in [3.05, 3.63) is 64.7 Å². The molecular weight excluding hydrogens is 416 g/mol. The number of fused-ring (bicyclic) bond motifs is 1. The van der Waals surface area contributed by atoms with Crippen LogP contribution in [0.1, 0.15) is 61.2 Å². The maximum Gasteiger partial charge on any atom is 0.338 e. The summed E-state index contributed by atoms with van der Waals surface area (Å²) < 4.78 is 10.1. The van der Waals surface area contributed by atoms with Crippen molar-refractivity contribution < 1.29 is 33.4 Å². The lowest BCUT2D eigenvalue weighted by Gasteiger charge is -2.08. The predicted molar refractivity (Wildman–Crippen MR) is 113 cm³/mol. The second-order valence-corrected chi connectivity index (χ2v) is 7.12. The topological polar surface area (TPSA) is 119 Å². The fraction of sp³-hybridized carbons (Fsp3) is 0.261. The summed E-state index contributed by atoms with van der Waals surface area (Å²) in [5, 5.41) is 2.55. The van der Waals surface area contributed by atoms with Crippen LogP contribution >= 0.6 is 0 Å². The van der Waals surface area contributed by atoms with E-state index in [0.717, 1.165) is 17.7 Å². The molecule has 0 atom stereocenters. The van der Waals surface area contributed by atoms with Crippen LogP contribution < -0.4 is 5.32 Å². The highest BCUT2D eigenvalue weighted by Crippen LogP contribution is 2.23. The molecule has 166 valence electrons. The molecule has 0 radical (unpaired) electrons. The molecule has 1 aliphatic heterocycles.